The van der Waals surface area contributed by atoms with Crippen molar-refractivity contribution in [3.63, 3.8) is 0 Å². The smallest absolute Gasteiger partial charge is 0.416 e. The van der Waals surface area contributed by atoms with Gasteiger partial charge in [-0.05, 0) is 111 Å². The van der Waals surface area contributed by atoms with Crippen LogP contribution in [0.1, 0.15) is 86.2 Å². The number of aliphatic hydroxyl groups is 1. The first-order chi connectivity index (χ1) is 60.9. The Morgan fingerprint density at radius 2 is 0.831 bits per heavy atom. The Morgan fingerprint density at radius 3 is 1.30 bits per heavy atom. The van der Waals surface area contributed by atoms with Gasteiger partial charge in [-0.3, -0.25) is 4.79 Å². The summed E-state index contributed by atoms with van der Waals surface area (Å²) < 4.78 is 133. The molecule has 0 aromatic heterocycles. The summed E-state index contributed by atoms with van der Waals surface area (Å²) in [6, 6.07) is 104. The molecule has 3 aliphatic heterocycles. The van der Waals surface area contributed by atoms with Crippen LogP contribution < -0.4 is 10.1 Å². The number of ether oxygens (including phenoxy) is 12. The van der Waals surface area contributed by atoms with Gasteiger partial charge in [-0.1, -0.05) is 309 Å². The van der Waals surface area contributed by atoms with E-state index in [4.69, 9.17) is 56.8 Å². The van der Waals surface area contributed by atoms with Crippen molar-refractivity contribution in [3.8, 4) is 5.75 Å². The summed E-state index contributed by atoms with van der Waals surface area (Å²) in [7, 11) is -4.63. The van der Waals surface area contributed by atoms with Gasteiger partial charge in [0.25, 0.3) is 0 Å². The number of rotatable bonds is 42. The number of cyclic esters (lactones) is 1. The summed E-state index contributed by atoms with van der Waals surface area (Å²) in [5.74, 6) is -2.97. The van der Waals surface area contributed by atoms with Gasteiger partial charge in [-0.15, -0.1) is 0 Å². The second kappa shape index (κ2) is 44.3. The summed E-state index contributed by atoms with van der Waals surface area (Å²) in [6.07, 6.45) is -13.3. The lowest BCUT2D eigenvalue weighted by atomic mass is 9.85. The van der Waals surface area contributed by atoms with Gasteiger partial charge in [-0.2, -0.15) is 0 Å². The van der Waals surface area contributed by atoms with E-state index in [9.17, 15) is 14.3 Å². The lowest BCUT2D eigenvalue weighted by Gasteiger charge is -2.50. The van der Waals surface area contributed by atoms with Crippen LogP contribution in [-0.4, -0.2) is 123 Å². The predicted octanol–water partition coefficient (Wildman–Crippen LogP) is 18.3. The number of amides is 2. The maximum atomic E-state index is 16.6. The Kier molecular flexibility index (Phi) is 31.3. The van der Waals surface area contributed by atoms with Crippen molar-refractivity contribution in [2.45, 2.75) is 156 Å². The minimum atomic E-state index is -4.63. The molecule has 2 amide bonds. The highest BCUT2D eigenvalue weighted by Crippen LogP contribution is 2.43. The number of anilines is 1. The van der Waals surface area contributed by atoms with Gasteiger partial charge in [0, 0.05) is 11.3 Å². The standard InChI is InChI=1S/C103H103FN2O17S/c104-83-53-51-82(52-54-83)89(107)58-57-88(101(108)106-85(69-120-103(106)109)59-73-31-11-1-12-32-73)94(105-84-49-29-10-30-50-84)87-56-55-86(60-90(87)114-63-76-37-17-4-18-38-76)124(110,111)72-93-96(116-65-78-41-21-6-22-42-78)98(117-66-79-43-23-7-24-44-79)97(92(121-93)71-113-62-75-35-15-3-16-36-75)123-102-100(119-68-81-47-27-9-28-48-81)99(118-67-80-45-25-8-26-46-80)95(115-64-77-39-19-5-20-40-77)91(122-102)70-112-61-74-33-13-2-14-34-74/h1-56,60,85,88-89,91-100,102,105,107H,57-59,61-72H2/t85-,88+,89-,91?,92?,93-,94+,95+,96?,97+,98-,99+,100?,102-/m0/s1. The largest absolute Gasteiger partial charge is 0.488 e. The lowest BCUT2D eigenvalue weighted by Crippen LogP contribution is -2.66. The molecule has 0 radical (unpaired) electrons. The van der Waals surface area contributed by atoms with E-state index >= 15 is 13.2 Å². The molecule has 0 spiro atoms. The van der Waals surface area contributed by atoms with Crippen LogP contribution in [0.2, 0.25) is 0 Å². The van der Waals surface area contributed by atoms with Crippen LogP contribution in [0.15, 0.2) is 351 Å². The van der Waals surface area contributed by atoms with Crippen molar-refractivity contribution in [3.05, 3.63) is 413 Å². The molecule has 12 aromatic rings. The monoisotopic (exact) mass is 1690 g/mol. The van der Waals surface area contributed by atoms with E-state index in [0.29, 0.717) is 16.8 Å². The summed E-state index contributed by atoms with van der Waals surface area (Å²) in [5.41, 5.74) is 8.94. The number of sulfone groups is 1. The summed E-state index contributed by atoms with van der Waals surface area (Å²) >= 11 is 0. The van der Waals surface area contributed by atoms with Gasteiger partial charge in [0.05, 0.1) is 94.2 Å². The van der Waals surface area contributed by atoms with Gasteiger partial charge in [0.2, 0.25) is 5.91 Å². The number of carbonyl (C=O) groups excluding carboxylic acids is 2. The van der Waals surface area contributed by atoms with Gasteiger partial charge < -0.3 is 67.3 Å². The van der Waals surface area contributed by atoms with Crippen LogP contribution in [0.25, 0.3) is 0 Å². The molecule has 3 heterocycles. The van der Waals surface area contributed by atoms with E-state index in [2.05, 4.69) is 5.32 Å². The first-order valence-corrected chi connectivity index (χ1v) is 43.8. The molecule has 19 nitrogen and oxygen atoms in total. The molecule has 124 heavy (non-hydrogen) atoms. The van der Waals surface area contributed by atoms with E-state index in [1.165, 1.54) is 36.4 Å². The van der Waals surface area contributed by atoms with Gasteiger partial charge in [0.15, 0.2) is 16.1 Å². The van der Waals surface area contributed by atoms with Gasteiger partial charge >= 0.3 is 6.09 Å². The van der Waals surface area contributed by atoms with Crippen molar-refractivity contribution in [2.75, 3.05) is 30.9 Å². The number of nitrogens with one attached hydrogen (secondary N) is 1. The second-order valence-corrected chi connectivity index (χ2v) is 33.3. The third kappa shape index (κ3) is 24.1. The number of nitrogens with zero attached hydrogens (tertiary/aromatic N) is 1. The Balaban J connectivity index is 0.844. The zero-order valence-corrected chi connectivity index (χ0v) is 69.6. The van der Waals surface area contributed by atoms with Crippen LogP contribution in [0.4, 0.5) is 14.9 Å². The molecule has 14 atom stereocenters. The number of para-hydroxylation sites is 1. The quantitative estimate of drug-likeness (QED) is 0.0364. The van der Waals surface area contributed by atoms with E-state index in [0.717, 1.165) is 55.0 Å². The van der Waals surface area contributed by atoms with E-state index in [1.807, 2.05) is 303 Å². The molecule has 12 aromatic carbocycles. The fraction of sp³-hybridized carbons (Fsp3) is 0.282. The number of hydrogen-bond acceptors (Lipinski definition) is 18. The van der Waals surface area contributed by atoms with E-state index < -0.39 is 119 Å². The summed E-state index contributed by atoms with van der Waals surface area (Å²) in [5, 5.41) is 15.6. The highest BCUT2D eigenvalue weighted by molar-refractivity contribution is 7.91. The Hall–Kier alpha value is -11.4. The Morgan fingerprint density at radius 1 is 0.435 bits per heavy atom. The van der Waals surface area contributed by atoms with Crippen molar-refractivity contribution in [2.24, 2.45) is 5.92 Å². The van der Waals surface area contributed by atoms with E-state index in [1.54, 1.807) is 6.07 Å². The molecule has 3 aliphatic rings. The van der Waals surface area contributed by atoms with Crippen molar-refractivity contribution in [1.82, 2.24) is 4.90 Å². The zero-order chi connectivity index (χ0) is 85.1. The number of halogens is 1. The van der Waals surface area contributed by atoms with Crippen LogP contribution in [0.5, 0.6) is 5.75 Å². The van der Waals surface area contributed by atoms with E-state index in [-0.39, 0.29) is 103 Å². The van der Waals surface area contributed by atoms with Crippen molar-refractivity contribution in [1.29, 1.82) is 0 Å². The Bertz CT molecular complexity index is 5330. The topological polar surface area (TPSA) is 215 Å². The first-order valence-electron chi connectivity index (χ1n) is 42.2. The highest BCUT2D eigenvalue weighted by Gasteiger charge is 2.56. The minimum Gasteiger partial charge on any atom is -0.488 e. The van der Waals surface area contributed by atoms with Crippen LogP contribution >= 0.6 is 0 Å². The lowest BCUT2D eigenvalue weighted by molar-refractivity contribution is -0.362. The maximum absolute atomic E-state index is 16.6. The number of benzene rings is 12. The second-order valence-electron chi connectivity index (χ2n) is 31.3. The number of carbonyl (C=O) groups is 2. The Labute approximate surface area is 724 Å². The maximum Gasteiger partial charge on any atom is 0.416 e. The molecule has 4 unspecified atom stereocenters. The fourth-order valence-electron chi connectivity index (χ4n) is 16.0. The number of hydrogen-bond donors (Lipinski definition) is 2. The molecule has 15 rings (SSSR count). The molecular weight excluding hydrogens is 1590 g/mol. The van der Waals surface area contributed by atoms with Crippen LogP contribution in [-0.2, 0) is 126 Å². The molecule has 2 N–H and O–H groups in total. The minimum absolute atomic E-state index is 0.00279. The molecule has 0 aliphatic carbocycles. The fourth-order valence-corrected chi connectivity index (χ4v) is 17.5. The van der Waals surface area contributed by atoms with Gasteiger partial charge in [0.1, 0.15) is 79.7 Å². The average molecular weight is 1690 g/mol. The summed E-state index contributed by atoms with van der Waals surface area (Å²) in [4.78, 5) is 31.4. The van der Waals surface area contributed by atoms with Crippen LogP contribution in [0, 0.1) is 11.7 Å². The molecule has 3 fully saturated rings. The molecule has 0 saturated carbocycles. The normalized spacial score (nSPS) is 20.9. The molecular formula is C103H103FN2O17S. The van der Waals surface area contributed by atoms with Gasteiger partial charge in [-0.25, -0.2) is 22.5 Å². The molecule has 3 saturated heterocycles. The van der Waals surface area contributed by atoms with Crippen molar-refractivity contribution >= 4 is 27.5 Å². The highest BCUT2D eigenvalue weighted by atomic mass is 32.2. The zero-order valence-electron chi connectivity index (χ0n) is 68.8. The molecule has 0 bridgehead atoms. The first kappa shape index (κ1) is 87.5. The third-order valence-electron chi connectivity index (χ3n) is 22.5. The summed E-state index contributed by atoms with van der Waals surface area (Å²) in [6.45, 7) is 0.373. The SMILES string of the molecule is O=C1OC[C@H](Cc2ccccc2)N1C(=O)[C@H](CC[C@H](O)c1ccc(F)cc1)[C@H](Nc1ccccc1)c1ccc(S(=O)(=O)C[C@@H]2OC(COCc3ccccc3)[C@@H](O[C@@H]3OC(COCc4ccccc4)[C@@H](OCc4ccccc4)[C@@H](OCc4ccccc4)C3OCc3ccccc3)[C@@H](OCc3ccccc3)C2OCc2ccccc2)cc1OCc1ccccc1. The number of aliphatic hydroxyl groups excluding tert-OH is 1. The third-order valence-corrected chi connectivity index (χ3v) is 24.2. The van der Waals surface area contributed by atoms with Crippen LogP contribution in [0.3, 0.4) is 0 Å². The molecule has 21 heteroatoms. The number of imide groups is 1. The predicted molar refractivity (Wildman–Crippen MR) is 468 cm³/mol. The average Bonchev–Trinajstić information content (AvgIpc) is 0.892. The van der Waals surface area contributed by atoms with Crippen molar-refractivity contribution < 1.29 is 84.3 Å². The molecule has 640 valence electrons.